The predicted octanol–water partition coefficient (Wildman–Crippen LogP) is 4.37. The summed E-state index contributed by atoms with van der Waals surface area (Å²) in [6.45, 7) is 4.83. The molecule has 22 heavy (non-hydrogen) atoms. The zero-order valence-electron chi connectivity index (χ0n) is 13.5. The van der Waals surface area contributed by atoms with Crippen molar-refractivity contribution in [2.45, 2.75) is 51.5 Å². The van der Waals surface area contributed by atoms with E-state index in [-0.39, 0.29) is 24.4 Å². The lowest BCUT2D eigenvalue weighted by Crippen LogP contribution is -2.35. The van der Waals surface area contributed by atoms with E-state index in [0.717, 1.165) is 25.9 Å². The number of hydrogen-bond donors (Lipinski definition) is 0. The van der Waals surface area contributed by atoms with Crippen molar-refractivity contribution in [3.8, 4) is 0 Å². The summed E-state index contributed by atoms with van der Waals surface area (Å²) in [5.74, 6) is -0.0668. The molecule has 0 spiro atoms. The molecule has 0 bridgehead atoms. The highest BCUT2D eigenvalue weighted by Gasteiger charge is 2.25. The van der Waals surface area contributed by atoms with Gasteiger partial charge in [-0.25, -0.2) is 0 Å². The fourth-order valence-electron chi connectivity index (χ4n) is 2.91. The van der Waals surface area contributed by atoms with E-state index < -0.39 is 0 Å². The second kappa shape index (κ2) is 10.6. The number of rotatable bonds is 7. The molecule has 3 nitrogen and oxygen atoms in total. The molecule has 0 radical (unpaired) electrons. The maximum absolute atomic E-state index is 12.1. The minimum Gasteiger partial charge on any atom is -0.466 e. The fraction of sp³-hybridized carbons (Fsp3) is 0.611. The highest BCUT2D eigenvalue weighted by molar-refractivity contribution is 5.85. The van der Waals surface area contributed by atoms with Gasteiger partial charge in [0, 0.05) is 6.04 Å². The third kappa shape index (κ3) is 5.98. The Morgan fingerprint density at radius 2 is 1.86 bits per heavy atom. The molecule has 4 heteroatoms. The topological polar surface area (TPSA) is 29.5 Å². The van der Waals surface area contributed by atoms with Crippen LogP contribution in [0.3, 0.4) is 0 Å². The third-order valence-corrected chi connectivity index (χ3v) is 4.14. The van der Waals surface area contributed by atoms with Crippen LogP contribution in [0.25, 0.3) is 0 Å². The molecule has 1 atom stereocenters. The van der Waals surface area contributed by atoms with Crippen LogP contribution in [-0.4, -0.2) is 30.6 Å². The van der Waals surface area contributed by atoms with Gasteiger partial charge >= 0.3 is 5.97 Å². The van der Waals surface area contributed by atoms with Crippen LogP contribution in [0, 0.1) is 0 Å². The summed E-state index contributed by atoms with van der Waals surface area (Å²) >= 11 is 0. The van der Waals surface area contributed by atoms with Crippen LogP contribution in [0.15, 0.2) is 30.3 Å². The maximum Gasteiger partial charge on any atom is 0.307 e. The molecule has 1 saturated heterocycles. The quantitative estimate of drug-likeness (QED) is 0.550. The molecule has 0 saturated carbocycles. The second-order valence-corrected chi connectivity index (χ2v) is 5.80. The first-order valence-electron chi connectivity index (χ1n) is 8.26. The zero-order chi connectivity index (χ0) is 14.9. The van der Waals surface area contributed by atoms with Gasteiger partial charge in [0.1, 0.15) is 0 Å². The van der Waals surface area contributed by atoms with E-state index in [0.29, 0.717) is 13.0 Å². The Hall–Kier alpha value is -1.06. The molecule has 0 aliphatic carbocycles. The van der Waals surface area contributed by atoms with Crippen molar-refractivity contribution in [3.05, 3.63) is 35.9 Å². The van der Waals surface area contributed by atoms with E-state index in [2.05, 4.69) is 36.1 Å². The SMILES string of the molecule is CCCCOC(=O)CC(c1ccccc1)N1CCCCC1.Cl. The number of nitrogens with zero attached hydrogens (tertiary/aromatic N) is 1. The van der Waals surface area contributed by atoms with Crippen molar-refractivity contribution in [2.75, 3.05) is 19.7 Å². The molecular formula is C18H28ClNO2. The van der Waals surface area contributed by atoms with Crippen LogP contribution < -0.4 is 0 Å². The van der Waals surface area contributed by atoms with Gasteiger partial charge in [-0.3, -0.25) is 9.69 Å². The van der Waals surface area contributed by atoms with Gasteiger partial charge in [-0.1, -0.05) is 50.1 Å². The molecule has 1 aliphatic rings. The lowest BCUT2D eigenvalue weighted by atomic mass is 9.99. The number of unbranched alkanes of at least 4 members (excludes halogenated alkanes) is 1. The first-order valence-corrected chi connectivity index (χ1v) is 8.26. The van der Waals surface area contributed by atoms with Crippen LogP contribution in [0.1, 0.15) is 57.1 Å². The van der Waals surface area contributed by atoms with E-state index in [9.17, 15) is 4.79 Å². The monoisotopic (exact) mass is 325 g/mol. The number of ether oxygens (including phenoxy) is 1. The fourth-order valence-corrected chi connectivity index (χ4v) is 2.91. The number of likely N-dealkylation sites (tertiary alicyclic amines) is 1. The molecule has 1 aromatic rings. The Morgan fingerprint density at radius 3 is 2.50 bits per heavy atom. The first-order chi connectivity index (χ1) is 10.3. The smallest absolute Gasteiger partial charge is 0.307 e. The number of hydrogen-bond acceptors (Lipinski definition) is 3. The van der Waals surface area contributed by atoms with Crippen LogP contribution in [0.4, 0.5) is 0 Å². The Kier molecular flexibility index (Phi) is 9.17. The molecule has 0 N–H and O–H groups in total. The van der Waals surface area contributed by atoms with Gasteiger partial charge in [0.25, 0.3) is 0 Å². The Morgan fingerprint density at radius 1 is 1.18 bits per heavy atom. The number of halogens is 1. The Balaban J connectivity index is 0.00000242. The van der Waals surface area contributed by atoms with Gasteiger partial charge in [0.05, 0.1) is 13.0 Å². The van der Waals surface area contributed by atoms with Crippen molar-refractivity contribution >= 4 is 18.4 Å². The second-order valence-electron chi connectivity index (χ2n) is 5.80. The molecule has 1 aliphatic heterocycles. The summed E-state index contributed by atoms with van der Waals surface area (Å²) in [4.78, 5) is 14.5. The molecule has 0 amide bonds. The van der Waals surface area contributed by atoms with Crippen LogP contribution in [0.2, 0.25) is 0 Å². The highest BCUT2D eigenvalue weighted by atomic mass is 35.5. The molecule has 1 unspecified atom stereocenters. The summed E-state index contributed by atoms with van der Waals surface area (Å²) in [6.07, 6.45) is 6.24. The molecule has 1 heterocycles. The average molecular weight is 326 g/mol. The van der Waals surface area contributed by atoms with Crippen LogP contribution in [0.5, 0.6) is 0 Å². The lowest BCUT2D eigenvalue weighted by molar-refractivity contribution is -0.145. The van der Waals surface area contributed by atoms with Gasteiger partial charge in [0.2, 0.25) is 0 Å². The largest absolute Gasteiger partial charge is 0.466 e. The summed E-state index contributed by atoms with van der Waals surface area (Å²) in [6, 6.07) is 10.5. The van der Waals surface area contributed by atoms with E-state index in [1.807, 2.05) is 6.07 Å². The summed E-state index contributed by atoms with van der Waals surface area (Å²) in [5, 5.41) is 0. The van der Waals surface area contributed by atoms with Crippen LogP contribution >= 0.6 is 12.4 Å². The molecular weight excluding hydrogens is 298 g/mol. The Labute approximate surface area is 140 Å². The number of piperidine rings is 1. The van der Waals surface area contributed by atoms with E-state index in [1.165, 1.54) is 24.8 Å². The number of benzene rings is 1. The summed E-state index contributed by atoms with van der Waals surface area (Å²) in [5.41, 5.74) is 1.23. The molecule has 1 aromatic carbocycles. The van der Waals surface area contributed by atoms with Gasteiger partial charge in [-0.15, -0.1) is 12.4 Å². The number of carbonyl (C=O) groups excluding carboxylic acids is 1. The lowest BCUT2D eigenvalue weighted by Gasteiger charge is -2.34. The van der Waals surface area contributed by atoms with Crippen molar-refractivity contribution in [1.29, 1.82) is 0 Å². The standard InChI is InChI=1S/C18H27NO2.ClH/c1-2-3-14-21-18(20)15-17(16-10-6-4-7-11-16)19-12-8-5-9-13-19;/h4,6-7,10-11,17H,2-3,5,8-9,12-15H2,1H3;1H. The average Bonchev–Trinajstić information content (AvgIpc) is 2.54. The van der Waals surface area contributed by atoms with Gasteiger partial charge in [0.15, 0.2) is 0 Å². The summed E-state index contributed by atoms with van der Waals surface area (Å²) in [7, 11) is 0. The predicted molar refractivity (Wildman–Crippen MR) is 92.3 cm³/mol. The first kappa shape index (κ1) is 19.0. The molecule has 0 aromatic heterocycles. The van der Waals surface area contributed by atoms with Gasteiger partial charge in [-0.05, 0) is 37.9 Å². The minimum atomic E-state index is -0.0668. The molecule has 2 rings (SSSR count). The van der Waals surface area contributed by atoms with Crippen LogP contribution in [-0.2, 0) is 9.53 Å². The van der Waals surface area contributed by atoms with Crippen molar-refractivity contribution < 1.29 is 9.53 Å². The Bertz CT molecular complexity index is 418. The van der Waals surface area contributed by atoms with E-state index in [4.69, 9.17) is 4.74 Å². The minimum absolute atomic E-state index is 0. The van der Waals surface area contributed by atoms with E-state index in [1.54, 1.807) is 0 Å². The maximum atomic E-state index is 12.1. The van der Waals surface area contributed by atoms with Crippen molar-refractivity contribution in [1.82, 2.24) is 4.90 Å². The van der Waals surface area contributed by atoms with Gasteiger partial charge < -0.3 is 4.74 Å². The molecule has 1 fully saturated rings. The van der Waals surface area contributed by atoms with Crippen molar-refractivity contribution in [2.24, 2.45) is 0 Å². The third-order valence-electron chi connectivity index (χ3n) is 4.14. The van der Waals surface area contributed by atoms with E-state index >= 15 is 0 Å². The summed E-state index contributed by atoms with van der Waals surface area (Å²) < 4.78 is 5.36. The van der Waals surface area contributed by atoms with Crippen molar-refractivity contribution in [3.63, 3.8) is 0 Å². The van der Waals surface area contributed by atoms with Gasteiger partial charge in [-0.2, -0.15) is 0 Å². The normalized spacial score (nSPS) is 16.6. The highest BCUT2D eigenvalue weighted by Crippen LogP contribution is 2.27. The number of carbonyl (C=O) groups is 1. The molecule has 124 valence electrons. The number of esters is 1. The zero-order valence-corrected chi connectivity index (χ0v) is 14.3.